The predicted octanol–water partition coefficient (Wildman–Crippen LogP) is 2.81. The number of carbonyl (C=O) groups excluding carboxylic acids is 1. The van der Waals surface area contributed by atoms with E-state index in [-0.39, 0.29) is 11.5 Å². The van der Waals surface area contributed by atoms with Gasteiger partial charge in [-0.25, -0.2) is 8.78 Å². The van der Waals surface area contributed by atoms with E-state index in [1.54, 1.807) is 17.0 Å². The topological polar surface area (TPSA) is 45.7 Å². The molecule has 1 atom stereocenters. The van der Waals surface area contributed by atoms with Crippen LogP contribution in [0.25, 0.3) is 11.3 Å². The van der Waals surface area contributed by atoms with Gasteiger partial charge in [0.05, 0.1) is 30.1 Å². The molecule has 3 heterocycles. The largest absolute Gasteiger partial charge is 0.368 e. The van der Waals surface area contributed by atoms with E-state index in [2.05, 4.69) is 4.98 Å². The first-order valence-electron chi connectivity index (χ1n) is 7.84. The van der Waals surface area contributed by atoms with Crippen molar-refractivity contribution in [3.8, 4) is 11.3 Å². The minimum absolute atomic E-state index is 0.0580. The van der Waals surface area contributed by atoms with Crippen molar-refractivity contribution in [1.82, 2.24) is 9.88 Å². The van der Waals surface area contributed by atoms with Crippen LogP contribution in [0.15, 0.2) is 30.3 Å². The highest BCUT2D eigenvalue weighted by molar-refractivity contribution is 5.96. The molecule has 0 spiro atoms. The maximum Gasteiger partial charge on any atom is 0.255 e. The summed E-state index contributed by atoms with van der Waals surface area (Å²) in [6.07, 6.45) is 0.634. The van der Waals surface area contributed by atoms with Crippen molar-refractivity contribution in [1.29, 1.82) is 0 Å². The first-order chi connectivity index (χ1) is 11.5. The van der Waals surface area contributed by atoms with Crippen LogP contribution < -0.4 is 0 Å². The standard InChI is InChI=1S/C18H16F2N2O2/c1-18(10-24-18)9-22-7-6-16-12(17(22)23)3-5-15(21-16)11-2-4-13(19)14(20)8-11/h2-5,8H,6-7,9-10H2,1H3. The molecule has 4 rings (SSSR count). The highest BCUT2D eigenvalue weighted by atomic mass is 19.2. The van der Waals surface area contributed by atoms with Gasteiger partial charge in [-0.15, -0.1) is 0 Å². The van der Waals surface area contributed by atoms with Gasteiger partial charge in [-0.05, 0) is 37.3 Å². The molecule has 1 saturated heterocycles. The van der Waals surface area contributed by atoms with Gasteiger partial charge in [0.2, 0.25) is 0 Å². The molecule has 0 bridgehead atoms. The highest BCUT2D eigenvalue weighted by Crippen LogP contribution is 2.30. The number of benzene rings is 1. The summed E-state index contributed by atoms with van der Waals surface area (Å²) < 4.78 is 31.8. The Labute approximate surface area is 138 Å². The zero-order valence-corrected chi connectivity index (χ0v) is 13.2. The van der Waals surface area contributed by atoms with Gasteiger partial charge in [0.25, 0.3) is 5.91 Å². The number of ether oxygens (including phenoxy) is 1. The average Bonchev–Trinajstić information content (AvgIpc) is 3.30. The number of hydrogen-bond donors (Lipinski definition) is 0. The molecule has 24 heavy (non-hydrogen) atoms. The SMILES string of the molecule is CC1(CN2CCc3nc(-c4ccc(F)c(F)c4)ccc3C2=O)CO1. The van der Waals surface area contributed by atoms with Crippen molar-refractivity contribution in [2.75, 3.05) is 19.7 Å². The van der Waals surface area contributed by atoms with Crippen LogP contribution in [0.4, 0.5) is 8.78 Å². The minimum atomic E-state index is -0.910. The fourth-order valence-corrected chi connectivity index (χ4v) is 2.98. The summed E-state index contributed by atoms with van der Waals surface area (Å²) in [7, 11) is 0. The first kappa shape index (κ1) is 15.2. The minimum Gasteiger partial charge on any atom is -0.368 e. The first-order valence-corrected chi connectivity index (χ1v) is 7.84. The van der Waals surface area contributed by atoms with E-state index >= 15 is 0 Å². The molecular weight excluding hydrogens is 314 g/mol. The maximum absolute atomic E-state index is 13.4. The Bertz CT molecular complexity index is 834. The van der Waals surface area contributed by atoms with Crippen molar-refractivity contribution in [3.63, 3.8) is 0 Å². The molecule has 0 radical (unpaired) electrons. The van der Waals surface area contributed by atoms with Crippen LogP contribution in [-0.4, -0.2) is 41.1 Å². The van der Waals surface area contributed by atoms with Crippen LogP contribution >= 0.6 is 0 Å². The van der Waals surface area contributed by atoms with Crippen LogP contribution in [0.2, 0.25) is 0 Å². The molecule has 6 heteroatoms. The van der Waals surface area contributed by atoms with E-state index in [1.807, 2.05) is 6.92 Å². The van der Waals surface area contributed by atoms with Gasteiger partial charge in [-0.3, -0.25) is 9.78 Å². The van der Waals surface area contributed by atoms with Crippen molar-refractivity contribution in [2.24, 2.45) is 0 Å². The summed E-state index contributed by atoms with van der Waals surface area (Å²) in [4.78, 5) is 18.9. The number of halogens is 2. The lowest BCUT2D eigenvalue weighted by molar-refractivity contribution is 0.0694. The quantitative estimate of drug-likeness (QED) is 0.813. The fourth-order valence-electron chi connectivity index (χ4n) is 2.98. The number of nitrogens with zero attached hydrogens (tertiary/aromatic N) is 2. The molecule has 1 fully saturated rings. The summed E-state index contributed by atoms with van der Waals surface area (Å²) in [5, 5.41) is 0. The van der Waals surface area contributed by atoms with Crippen molar-refractivity contribution >= 4 is 5.91 Å². The van der Waals surface area contributed by atoms with Crippen LogP contribution in [0, 0.1) is 11.6 Å². The molecule has 4 nitrogen and oxygen atoms in total. The normalized spacial score (nSPS) is 22.5. The second-order valence-corrected chi connectivity index (χ2v) is 6.53. The number of epoxide rings is 1. The number of hydrogen-bond acceptors (Lipinski definition) is 3. The van der Waals surface area contributed by atoms with Crippen molar-refractivity contribution in [2.45, 2.75) is 18.9 Å². The van der Waals surface area contributed by atoms with E-state index < -0.39 is 11.6 Å². The van der Waals surface area contributed by atoms with Gasteiger partial charge in [-0.1, -0.05) is 0 Å². The van der Waals surface area contributed by atoms with Gasteiger partial charge in [0.1, 0.15) is 5.60 Å². The van der Waals surface area contributed by atoms with Crippen LogP contribution in [0.3, 0.4) is 0 Å². The Hall–Kier alpha value is -2.34. The molecule has 0 saturated carbocycles. The number of amides is 1. The molecule has 124 valence electrons. The van der Waals surface area contributed by atoms with Gasteiger partial charge < -0.3 is 9.64 Å². The van der Waals surface area contributed by atoms with Gasteiger partial charge >= 0.3 is 0 Å². The Balaban J connectivity index is 1.62. The lowest BCUT2D eigenvalue weighted by atomic mass is 10.0. The van der Waals surface area contributed by atoms with E-state index in [0.29, 0.717) is 48.6 Å². The van der Waals surface area contributed by atoms with Gasteiger partial charge in [0.15, 0.2) is 11.6 Å². The highest BCUT2D eigenvalue weighted by Gasteiger charge is 2.43. The van der Waals surface area contributed by atoms with Crippen molar-refractivity contribution in [3.05, 3.63) is 53.2 Å². The van der Waals surface area contributed by atoms with Crippen LogP contribution in [0.5, 0.6) is 0 Å². The number of fused-ring (bicyclic) bond motifs is 1. The second-order valence-electron chi connectivity index (χ2n) is 6.53. The fraction of sp³-hybridized carbons (Fsp3) is 0.333. The summed E-state index contributed by atoms with van der Waals surface area (Å²) in [5.74, 6) is -1.86. The Morgan fingerprint density at radius 3 is 2.75 bits per heavy atom. The number of carbonyl (C=O) groups is 1. The summed E-state index contributed by atoms with van der Waals surface area (Å²) in [5.41, 5.74) is 2.07. The number of aromatic nitrogens is 1. The van der Waals surface area contributed by atoms with E-state index in [4.69, 9.17) is 4.74 Å². The van der Waals surface area contributed by atoms with Crippen LogP contribution in [-0.2, 0) is 11.2 Å². The average molecular weight is 330 g/mol. The third kappa shape index (κ3) is 2.67. The Morgan fingerprint density at radius 1 is 1.25 bits per heavy atom. The van der Waals surface area contributed by atoms with E-state index in [9.17, 15) is 13.6 Å². The lowest BCUT2D eigenvalue weighted by Crippen LogP contribution is -2.43. The zero-order chi connectivity index (χ0) is 16.9. The maximum atomic E-state index is 13.4. The monoisotopic (exact) mass is 330 g/mol. The van der Waals surface area contributed by atoms with Gasteiger partial charge in [-0.2, -0.15) is 0 Å². The molecular formula is C18H16F2N2O2. The smallest absolute Gasteiger partial charge is 0.255 e. The predicted molar refractivity (Wildman–Crippen MR) is 83.6 cm³/mol. The summed E-state index contributed by atoms with van der Waals surface area (Å²) in [6, 6.07) is 7.06. The molecule has 0 N–H and O–H groups in total. The van der Waals surface area contributed by atoms with E-state index in [1.165, 1.54) is 6.07 Å². The van der Waals surface area contributed by atoms with Gasteiger partial charge in [0, 0.05) is 18.5 Å². The molecule has 2 aliphatic rings. The lowest BCUT2D eigenvalue weighted by Gasteiger charge is -2.29. The number of pyridine rings is 1. The van der Waals surface area contributed by atoms with Crippen LogP contribution in [0.1, 0.15) is 23.0 Å². The molecule has 0 aliphatic carbocycles. The molecule has 1 amide bonds. The Kier molecular flexibility index (Phi) is 3.38. The van der Waals surface area contributed by atoms with E-state index in [0.717, 1.165) is 12.1 Å². The summed E-state index contributed by atoms with van der Waals surface area (Å²) >= 11 is 0. The third-order valence-electron chi connectivity index (χ3n) is 4.49. The second kappa shape index (κ2) is 5.34. The third-order valence-corrected chi connectivity index (χ3v) is 4.49. The molecule has 1 aromatic carbocycles. The molecule has 1 unspecified atom stereocenters. The Morgan fingerprint density at radius 2 is 2.04 bits per heavy atom. The molecule has 1 aromatic heterocycles. The molecule has 2 aliphatic heterocycles. The summed E-state index contributed by atoms with van der Waals surface area (Å²) in [6.45, 7) is 3.83. The molecule has 2 aromatic rings. The van der Waals surface area contributed by atoms with Crippen molar-refractivity contribution < 1.29 is 18.3 Å². The zero-order valence-electron chi connectivity index (χ0n) is 13.2. The number of rotatable bonds is 3.